The lowest BCUT2D eigenvalue weighted by atomic mass is 10.2. The van der Waals surface area contributed by atoms with Crippen LogP contribution in [0.5, 0.6) is 0 Å². The molecule has 0 bridgehead atoms. The van der Waals surface area contributed by atoms with Crippen molar-refractivity contribution in [2.45, 2.75) is 17.6 Å². The Balaban J connectivity index is 2.06. The molecular formula is C12H11BrS2. The van der Waals surface area contributed by atoms with E-state index in [1.54, 1.807) is 11.3 Å². The number of halogens is 1. The molecule has 0 aliphatic rings. The summed E-state index contributed by atoms with van der Waals surface area (Å²) in [5, 5.41) is 2.12. The van der Waals surface area contributed by atoms with Gasteiger partial charge in [0.05, 0.1) is 0 Å². The minimum absolute atomic E-state index is 1.04. The van der Waals surface area contributed by atoms with Crippen molar-refractivity contribution in [3.05, 3.63) is 50.6 Å². The summed E-state index contributed by atoms with van der Waals surface area (Å²) in [4.78, 5) is 2.78. The molecule has 0 aliphatic carbocycles. The quantitative estimate of drug-likeness (QED) is 0.710. The summed E-state index contributed by atoms with van der Waals surface area (Å²) in [5.74, 6) is 1.04. The summed E-state index contributed by atoms with van der Waals surface area (Å²) in [6.07, 6.45) is 0. The highest BCUT2D eigenvalue weighted by Crippen LogP contribution is 2.31. The van der Waals surface area contributed by atoms with E-state index in [0.29, 0.717) is 0 Å². The van der Waals surface area contributed by atoms with E-state index in [2.05, 4.69) is 58.6 Å². The lowest BCUT2D eigenvalue weighted by Crippen LogP contribution is -1.80. The van der Waals surface area contributed by atoms with Crippen LogP contribution in [0.4, 0.5) is 0 Å². The molecule has 0 atom stereocenters. The van der Waals surface area contributed by atoms with Gasteiger partial charge in [-0.3, -0.25) is 0 Å². The van der Waals surface area contributed by atoms with Gasteiger partial charge in [-0.25, -0.2) is 0 Å². The average molecular weight is 299 g/mol. The zero-order chi connectivity index (χ0) is 10.7. The van der Waals surface area contributed by atoms with Gasteiger partial charge in [0, 0.05) is 20.0 Å². The first-order valence-corrected chi connectivity index (χ1v) is 7.33. The van der Waals surface area contributed by atoms with E-state index < -0.39 is 0 Å². The van der Waals surface area contributed by atoms with Crippen LogP contribution in [0, 0.1) is 6.92 Å². The Kier molecular flexibility index (Phi) is 3.89. The zero-order valence-corrected chi connectivity index (χ0v) is 11.6. The summed E-state index contributed by atoms with van der Waals surface area (Å²) < 4.78 is 1.23. The van der Waals surface area contributed by atoms with Crippen LogP contribution >= 0.6 is 39.0 Å². The number of thiophene rings is 1. The molecule has 1 heterocycles. The van der Waals surface area contributed by atoms with Crippen molar-refractivity contribution in [3.8, 4) is 0 Å². The van der Waals surface area contributed by atoms with Crippen LogP contribution in [-0.2, 0) is 5.75 Å². The van der Waals surface area contributed by atoms with E-state index in [9.17, 15) is 0 Å². The molecule has 0 amide bonds. The van der Waals surface area contributed by atoms with E-state index in [4.69, 9.17) is 0 Å². The van der Waals surface area contributed by atoms with Gasteiger partial charge in [0.2, 0.25) is 0 Å². The third-order valence-corrected chi connectivity index (χ3v) is 5.45. The maximum absolute atomic E-state index is 3.56. The van der Waals surface area contributed by atoms with Gasteiger partial charge in [0.25, 0.3) is 0 Å². The first-order valence-electron chi connectivity index (χ1n) is 4.67. The molecule has 0 saturated heterocycles. The number of hydrogen-bond donors (Lipinski definition) is 0. The molecule has 0 spiro atoms. The van der Waals surface area contributed by atoms with Crippen LogP contribution in [0.2, 0.25) is 0 Å². The number of aryl methyl sites for hydroxylation is 1. The highest BCUT2D eigenvalue weighted by atomic mass is 79.9. The topological polar surface area (TPSA) is 0 Å². The van der Waals surface area contributed by atoms with E-state index >= 15 is 0 Å². The fraction of sp³-hybridized carbons (Fsp3) is 0.167. The van der Waals surface area contributed by atoms with Crippen LogP contribution in [-0.4, -0.2) is 0 Å². The molecule has 78 valence electrons. The van der Waals surface area contributed by atoms with Gasteiger partial charge >= 0.3 is 0 Å². The van der Waals surface area contributed by atoms with Gasteiger partial charge < -0.3 is 0 Å². The smallest absolute Gasteiger partial charge is 0.0337 e. The largest absolute Gasteiger partial charge is 0.147 e. The third-order valence-electron chi connectivity index (χ3n) is 2.14. The van der Waals surface area contributed by atoms with E-state index in [1.165, 1.54) is 19.8 Å². The molecule has 1 aromatic heterocycles. The molecule has 0 aliphatic heterocycles. The van der Waals surface area contributed by atoms with Gasteiger partial charge in [-0.2, -0.15) is 0 Å². The standard InChI is InChI=1S/C12H11BrS2/c1-9-4-2-3-5-11(9)15-8-12-10(13)6-7-14-12/h2-7H,8H2,1H3. The van der Waals surface area contributed by atoms with E-state index in [-0.39, 0.29) is 0 Å². The fourth-order valence-electron chi connectivity index (χ4n) is 1.29. The number of hydrogen-bond acceptors (Lipinski definition) is 2. The first-order chi connectivity index (χ1) is 7.27. The maximum Gasteiger partial charge on any atom is 0.0337 e. The van der Waals surface area contributed by atoms with Crippen LogP contribution in [0.15, 0.2) is 45.1 Å². The molecule has 1 aromatic carbocycles. The molecule has 2 rings (SSSR count). The Morgan fingerprint density at radius 1 is 1.27 bits per heavy atom. The average Bonchev–Trinajstić information content (AvgIpc) is 2.63. The zero-order valence-electron chi connectivity index (χ0n) is 8.37. The summed E-state index contributed by atoms with van der Waals surface area (Å²) in [5.41, 5.74) is 1.36. The van der Waals surface area contributed by atoms with Gasteiger partial charge in [0.1, 0.15) is 0 Å². The van der Waals surface area contributed by atoms with E-state index in [1.807, 2.05) is 11.8 Å². The Bertz CT molecular complexity index is 448. The van der Waals surface area contributed by atoms with Gasteiger partial charge in [-0.15, -0.1) is 23.1 Å². The number of benzene rings is 1. The Morgan fingerprint density at radius 3 is 2.73 bits per heavy atom. The fourth-order valence-corrected chi connectivity index (χ4v) is 4.11. The Hall–Kier alpha value is -0.250. The van der Waals surface area contributed by atoms with Crippen molar-refractivity contribution >= 4 is 39.0 Å². The molecule has 0 unspecified atom stereocenters. The maximum atomic E-state index is 3.56. The summed E-state index contributed by atoms with van der Waals surface area (Å²) in [7, 11) is 0. The number of rotatable bonds is 3. The van der Waals surface area contributed by atoms with Gasteiger partial charge in [-0.05, 0) is 45.9 Å². The molecule has 0 fully saturated rings. The molecular weight excluding hydrogens is 288 g/mol. The Morgan fingerprint density at radius 2 is 2.07 bits per heavy atom. The predicted octanol–water partition coefficient (Wildman–Crippen LogP) is 5.11. The van der Waals surface area contributed by atoms with Gasteiger partial charge in [-0.1, -0.05) is 18.2 Å². The molecule has 0 radical (unpaired) electrons. The summed E-state index contributed by atoms with van der Waals surface area (Å²) in [6.45, 7) is 2.16. The summed E-state index contributed by atoms with van der Waals surface area (Å²) >= 11 is 7.26. The lowest BCUT2D eigenvalue weighted by Gasteiger charge is -2.03. The highest BCUT2D eigenvalue weighted by Gasteiger charge is 2.03. The van der Waals surface area contributed by atoms with Crippen LogP contribution in [0.1, 0.15) is 10.4 Å². The second-order valence-corrected chi connectivity index (χ2v) is 6.12. The van der Waals surface area contributed by atoms with Crippen LogP contribution < -0.4 is 0 Å². The SMILES string of the molecule is Cc1ccccc1SCc1sccc1Br. The van der Waals surface area contributed by atoms with Crippen molar-refractivity contribution in [2.24, 2.45) is 0 Å². The molecule has 2 aromatic rings. The highest BCUT2D eigenvalue weighted by molar-refractivity contribution is 9.10. The second kappa shape index (κ2) is 5.19. The first kappa shape index (κ1) is 11.2. The van der Waals surface area contributed by atoms with Crippen molar-refractivity contribution in [2.75, 3.05) is 0 Å². The minimum Gasteiger partial charge on any atom is -0.147 e. The predicted molar refractivity (Wildman–Crippen MR) is 72.8 cm³/mol. The third kappa shape index (κ3) is 2.86. The molecule has 0 saturated carbocycles. The monoisotopic (exact) mass is 298 g/mol. The molecule has 15 heavy (non-hydrogen) atoms. The lowest BCUT2D eigenvalue weighted by molar-refractivity contribution is 1.29. The molecule has 0 N–H and O–H groups in total. The minimum atomic E-state index is 1.04. The summed E-state index contributed by atoms with van der Waals surface area (Å²) in [6, 6.07) is 10.6. The van der Waals surface area contributed by atoms with Gasteiger partial charge in [0.15, 0.2) is 0 Å². The van der Waals surface area contributed by atoms with E-state index in [0.717, 1.165) is 5.75 Å². The van der Waals surface area contributed by atoms with Crippen molar-refractivity contribution in [3.63, 3.8) is 0 Å². The second-order valence-electron chi connectivity index (χ2n) is 3.25. The molecule has 0 nitrogen and oxygen atoms in total. The van der Waals surface area contributed by atoms with Crippen molar-refractivity contribution < 1.29 is 0 Å². The van der Waals surface area contributed by atoms with Crippen LogP contribution in [0.3, 0.4) is 0 Å². The normalized spacial score (nSPS) is 10.5. The van der Waals surface area contributed by atoms with Crippen LogP contribution in [0.25, 0.3) is 0 Å². The number of thioether (sulfide) groups is 1. The van der Waals surface area contributed by atoms with Crippen molar-refractivity contribution in [1.82, 2.24) is 0 Å². The molecule has 3 heteroatoms. The van der Waals surface area contributed by atoms with Crippen molar-refractivity contribution in [1.29, 1.82) is 0 Å². The Labute approximate surface area is 107 Å².